The average molecular weight is 352 g/mol. The molecule has 3 rings (SSSR count). The Morgan fingerprint density at radius 3 is 2.62 bits per heavy atom. The van der Waals surface area contributed by atoms with Gasteiger partial charge in [-0.1, -0.05) is 5.16 Å². The summed E-state index contributed by atoms with van der Waals surface area (Å²) in [5.41, 5.74) is 1.88. The Bertz CT molecular complexity index is 873. The first-order valence-corrected chi connectivity index (χ1v) is 8.52. The van der Waals surface area contributed by atoms with Crippen molar-refractivity contribution in [3.05, 3.63) is 41.2 Å². The first-order chi connectivity index (χ1) is 12.5. The van der Waals surface area contributed by atoms with Gasteiger partial charge < -0.3 is 14.7 Å². The Labute approximate surface area is 151 Å². The molecule has 0 aliphatic carbocycles. The van der Waals surface area contributed by atoms with E-state index in [-0.39, 0.29) is 17.6 Å². The molecule has 0 radical (unpaired) electrons. The molecule has 0 saturated carbocycles. The number of aryl methyl sites for hydroxylation is 1. The fraction of sp³-hybridized carbons (Fsp3) is 0.368. The lowest BCUT2D eigenvalue weighted by atomic mass is 9.94. The van der Waals surface area contributed by atoms with Gasteiger partial charge in [-0.25, -0.2) is 0 Å². The molecule has 0 spiro atoms. The zero-order valence-electron chi connectivity index (χ0n) is 14.8. The van der Waals surface area contributed by atoms with E-state index in [4.69, 9.17) is 4.52 Å². The first kappa shape index (κ1) is 17.7. The second-order valence-electron chi connectivity index (χ2n) is 6.47. The number of ketones is 1. The topological polar surface area (TPSA) is 99.2 Å². The number of nitriles is 1. The number of Topliss-reactive ketones (excluding diaryl/α,β-unsaturated/α-hetero) is 1. The largest absolute Gasteiger partial charge is 0.370 e. The van der Waals surface area contributed by atoms with Crippen LogP contribution in [-0.4, -0.2) is 29.9 Å². The molecule has 1 amide bonds. The molecular weight excluding hydrogens is 332 g/mol. The lowest BCUT2D eigenvalue weighted by Gasteiger charge is -2.33. The zero-order chi connectivity index (χ0) is 18.7. The molecule has 26 heavy (non-hydrogen) atoms. The highest BCUT2D eigenvalue weighted by Crippen LogP contribution is 2.28. The molecule has 7 heteroatoms. The van der Waals surface area contributed by atoms with Crippen LogP contribution in [0.3, 0.4) is 0 Å². The second-order valence-corrected chi connectivity index (χ2v) is 6.47. The number of benzene rings is 1. The molecule has 0 atom stereocenters. The predicted molar refractivity (Wildman–Crippen MR) is 96.0 cm³/mol. The van der Waals surface area contributed by atoms with Crippen molar-refractivity contribution in [2.24, 2.45) is 5.92 Å². The number of aromatic nitrogens is 1. The van der Waals surface area contributed by atoms with Gasteiger partial charge in [0.1, 0.15) is 11.8 Å². The molecular formula is C19H20N4O3. The molecule has 7 nitrogen and oxygen atoms in total. The van der Waals surface area contributed by atoms with Crippen molar-refractivity contribution < 1.29 is 14.1 Å². The Hall–Kier alpha value is -3.14. The van der Waals surface area contributed by atoms with Crippen molar-refractivity contribution >= 4 is 23.2 Å². The Morgan fingerprint density at radius 1 is 1.31 bits per heavy atom. The SMILES string of the molecule is CC(=O)c1ccc(C#N)c(N2CCC(C(=O)Nc3cc(C)on3)CC2)c1. The van der Waals surface area contributed by atoms with Gasteiger partial charge in [0, 0.05) is 30.6 Å². The summed E-state index contributed by atoms with van der Waals surface area (Å²) in [6.07, 6.45) is 1.33. The number of nitrogens with one attached hydrogen (secondary N) is 1. The molecule has 1 aliphatic heterocycles. The van der Waals surface area contributed by atoms with Crippen LogP contribution < -0.4 is 10.2 Å². The third-order valence-electron chi connectivity index (χ3n) is 4.61. The summed E-state index contributed by atoms with van der Waals surface area (Å²) in [4.78, 5) is 26.1. The van der Waals surface area contributed by atoms with E-state index in [9.17, 15) is 14.9 Å². The lowest BCUT2D eigenvalue weighted by Crippen LogP contribution is -2.38. The monoisotopic (exact) mass is 352 g/mol. The van der Waals surface area contributed by atoms with Crippen molar-refractivity contribution in [1.29, 1.82) is 5.26 Å². The molecule has 1 saturated heterocycles. The summed E-state index contributed by atoms with van der Waals surface area (Å²) in [5, 5.41) is 15.9. The highest BCUT2D eigenvalue weighted by molar-refractivity contribution is 5.95. The number of nitrogens with zero attached hydrogens (tertiary/aromatic N) is 3. The number of hydrogen-bond donors (Lipinski definition) is 1. The second kappa shape index (κ2) is 7.40. The van der Waals surface area contributed by atoms with Crippen LogP contribution in [0.2, 0.25) is 0 Å². The maximum absolute atomic E-state index is 12.4. The van der Waals surface area contributed by atoms with Gasteiger partial charge in [-0.2, -0.15) is 5.26 Å². The summed E-state index contributed by atoms with van der Waals surface area (Å²) >= 11 is 0. The molecule has 1 fully saturated rings. The van der Waals surface area contributed by atoms with E-state index in [1.165, 1.54) is 6.92 Å². The summed E-state index contributed by atoms with van der Waals surface area (Å²) in [7, 11) is 0. The van der Waals surface area contributed by atoms with Crippen molar-refractivity contribution in [2.45, 2.75) is 26.7 Å². The van der Waals surface area contributed by atoms with E-state index in [0.717, 1.165) is 5.69 Å². The van der Waals surface area contributed by atoms with Crippen LogP contribution in [0.4, 0.5) is 11.5 Å². The quantitative estimate of drug-likeness (QED) is 0.849. The van der Waals surface area contributed by atoms with Gasteiger partial charge in [0.05, 0.1) is 11.3 Å². The minimum absolute atomic E-state index is 0.0343. The molecule has 0 unspecified atom stereocenters. The van der Waals surface area contributed by atoms with Crippen molar-refractivity contribution in [1.82, 2.24) is 5.16 Å². The van der Waals surface area contributed by atoms with Crippen LogP contribution >= 0.6 is 0 Å². The van der Waals surface area contributed by atoms with Crippen LogP contribution in [0.1, 0.15) is 41.4 Å². The maximum Gasteiger partial charge on any atom is 0.228 e. The summed E-state index contributed by atoms with van der Waals surface area (Å²) in [6.45, 7) is 4.56. The number of amides is 1. The average Bonchev–Trinajstić information content (AvgIpc) is 3.06. The third kappa shape index (κ3) is 3.75. The van der Waals surface area contributed by atoms with Gasteiger partial charge in [-0.15, -0.1) is 0 Å². The van der Waals surface area contributed by atoms with Gasteiger partial charge >= 0.3 is 0 Å². The highest BCUT2D eigenvalue weighted by Gasteiger charge is 2.27. The molecule has 2 aromatic rings. The zero-order valence-corrected chi connectivity index (χ0v) is 14.8. The normalized spacial score (nSPS) is 14.7. The molecule has 0 bridgehead atoms. The van der Waals surface area contributed by atoms with E-state index in [0.29, 0.717) is 48.6 Å². The number of carbonyl (C=O) groups excluding carboxylic acids is 2. The van der Waals surface area contributed by atoms with Crippen LogP contribution in [0.5, 0.6) is 0 Å². The Balaban J connectivity index is 1.67. The highest BCUT2D eigenvalue weighted by atomic mass is 16.5. The van der Waals surface area contributed by atoms with E-state index < -0.39 is 0 Å². The fourth-order valence-electron chi connectivity index (χ4n) is 3.14. The standard InChI is InChI=1S/C19H20N4O3/c1-12-9-18(22-26-12)21-19(25)14-5-7-23(8-6-14)17-10-15(13(2)24)3-4-16(17)11-20/h3-4,9-10,14H,5-8H2,1-2H3,(H,21,22,25). The predicted octanol–water partition coefficient (Wildman–Crippen LogP) is 2.91. The number of piperidine rings is 1. The summed E-state index contributed by atoms with van der Waals surface area (Å²) < 4.78 is 4.95. The minimum atomic E-state index is -0.121. The van der Waals surface area contributed by atoms with E-state index in [2.05, 4.69) is 21.4 Å². The fourth-order valence-corrected chi connectivity index (χ4v) is 3.14. The molecule has 1 aromatic carbocycles. The number of carbonyl (C=O) groups is 2. The molecule has 1 aromatic heterocycles. The van der Waals surface area contributed by atoms with E-state index >= 15 is 0 Å². The Morgan fingerprint density at radius 2 is 2.04 bits per heavy atom. The smallest absolute Gasteiger partial charge is 0.228 e. The lowest BCUT2D eigenvalue weighted by molar-refractivity contribution is -0.120. The van der Waals surface area contributed by atoms with Crippen LogP contribution in [0, 0.1) is 24.2 Å². The van der Waals surface area contributed by atoms with Crippen LogP contribution in [0.15, 0.2) is 28.8 Å². The number of hydrogen-bond acceptors (Lipinski definition) is 6. The maximum atomic E-state index is 12.4. The van der Waals surface area contributed by atoms with E-state index in [1.54, 1.807) is 31.2 Å². The van der Waals surface area contributed by atoms with E-state index in [1.807, 2.05) is 0 Å². The van der Waals surface area contributed by atoms with Crippen LogP contribution in [0.25, 0.3) is 0 Å². The van der Waals surface area contributed by atoms with Gasteiger partial charge in [-0.3, -0.25) is 9.59 Å². The van der Waals surface area contributed by atoms with Gasteiger partial charge in [0.2, 0.25) is 5.91 Å². The first-order valence-electron chi connectivity index (χ1n) is 8.52. The number of rotatable bonds is 4. The van der Waals surface area contributed by atoms with Crippen molar-refractivity contribution in [3.63, 3.8) is 0 Å². The molecule has 134 valence electrons. The minimum Gasteiger partial charge on any atom is -0.370 e. The van der Waals surface area contributed by atoms with Crippen molar-refractivity contribution in [3.8, 4) is 6.07 Å². The summed E-state index contributed by atoms with van der Waals surface area (Å²) in [6, 6.07) is 8.97. The Kier molecular flexibility index (Phi) is 5.03. The molecule has 2 heterocycles. The van der Waals surface area contributed by atoms with Crippen LogP contribution in [-0.2, 0) is 4.79 Å². The van der Waals surface area contributed by atoms with Gasteiger partial charge in [-0.05, 0) is 44.9 Å². The van der Waals surface area contributed by atoms with Gasteiger partial charge in [0.25, 0.3) is 0 Å². The third-order valence-corrected chi connectivity index (χ3v) is 4.61. The molecule has 1 aliphatic rings. The summed E-state index contributed by atoms with van der Waals surface area (Å²) in [5.74, 6) is 0.842. The van der Waals surface area contributed by atoms with Gasteiger partial charge in [0.15, 0.2) is 11.6 Å². The number of anilines is 2. The molecule has 1 N–H and O–H groups in total. The van der Waals surface area contributed by atoms with Crippen molar-refractivity contribution in [2.75, 3.05) is 23.3 Å².